The van der Waals surface area contributed by atoms with Crippen LogP contribution in [-0.2, 0) is 0 Å². The van der Waals surface area contributed by atoms with Crippen molar-refractivity contribution in [2.45, 2.75) is 0 Å². The molecule has 0 aliphatic carbocycles. The number of rotatable bonds is 8. The predicted octanol–water partition coefficient (Wildman–Crippen LogP) is 3.31. The van der Waals surface area contributed by atoms with Crippen LogP contribution in [-0.4, -0.2) is 91.9 Å². The Kier molecular flexibility index (Phi) is 8.41. The van der Waals surface area contributed by atoms with Gasteiger partial charge in [0.2, 0.25) is 17.3 Å². The van der Waals surface area contributed by atoms with Gasteiger partial charge in [-0.25, -0.2) is 14.4 Å². The van der Waals surface area contributed by atoms with Crippen LogP contribution < -0.4 is 19.6 Å². The second-order valence-electron chi connectivity index (χ2n) is 9.57. The zero-order valence-corrected chi connectivity index (χ0v) is 22.7. The van der Waals surface area contributed by atoms with Crippen molar-refractivity contribution < 1.29 is 52.2 Å². The molecule has 5 rings (SSSR count). The van der Waals surface area contributed by atoms with Crippen molar-refractivity contribution in [2.75, 3.05) is 72.0 Å². The molecule has 15 nitrogen and oxygen atoms in total. The number of carbonyl (C=O) groups is 4. The van der Waals surface area contributed by atoms with Gasteiger partial charge >= 0.3 is 17.9 Å². The van der Waals surface area contributed by atoms with Gasteiger partial charge in [0.25, 0.3) is 0 Å². The molecule has 0 aromatic carbocycles. The molecule has 0 amide bonds. The summed E-state index contributed by atoms with van der Waals surface area (Å²) >= 11 is 0. The molecule has 0 spiro atoms. The highest BCUT2D eigenvalue weighted by molar-refractivity contribution is 5.85. The number of carboxylic acids is 3. The minimum absolute atomic E-state index is 0.152. The first-order valence-electron chi connectivity index (χ1n) is 13.3. The zero-order valence-electron chi connectivity index (χ0n) is 22.7. The van der Waals surface area contributed by atoms with Gasteiger partial charge in [-0.05, 0) is 24.3 Å². The summed E-state index contributed by atoms with van der Waals surface area (Å²) < 4.78 is 22.5. The maximum Gasteiger partial charge on any atom is 0.371 e. The van der Waals surface area contributed by atoms with Crippen LogP contribution in [0.1, 0.15) is 42.2 Å². The normalized spacial score (nSPS) is 15.2. The highest BCUT2D eigenvalue weighted by Gasteiger charge is 2.24. The molecule has 1 fully saturated rings. The van der Waals surface area contributed by atoms with E-state index in [0.29, 0.717) is 82.2 Å². The summed E-state index contributed by atoms with van der Waals surface area (Å²) in [7, 11) is 0. The Balaban J connectivity index is 1.47. The lowest BCUT2D eigenvalue weighted by molar-refractivity contribution is 0.0653. The van der Waals surface area contributed by atoms with Gasteiger partial charge in [-0.3, -0.25) is 4.79 Å². The molecule has 5 heterocycles. The van der Waals surface area contributed by atoms with Gasteiger partial charge in [0.15, 0.2) is 35.6 Å². The highest BCUT2D eigenvalue weighted by atomic mass is 16.4. The molecule has 1 aliphatic heterocycles. The summed E-state index contributed by atoms with van der Waals surface area (Å²) in [6, 6.07) is 12.0. The van der Waals surface area contributed by atoms with Crippen LogP contribution in [0.4, 0.5) is 23.5 Å². The van der Waals surface area contributed by atoms with E-state index in [-0.39, 0.29) is 23.0 Å². The van der Waals surface area contributed by atoms with Gasteiger partial charge in [-0.2, -0.15) is 0 Å². The Labute approximate surface area is 243 Å². The molecule has 1 aliphatic rings. The summed E-state index contributed by atoms with van der Waals surface area (Å²) in [5, 5.41) is 28.1. The summed E-state index contributed by atoms with van der Waals surface area (Å²) in [6.45, 7) is 2.71. The topological polar surface area (TPSA) is 194 Å². The molecular formula is C28H28N4O11. The fourth-order valence-corrected chi connectivity index (χ4v) is 4.71. The summed E-state index contributed by atoms with van der Waals surface area (Å²) in [5.74, 6) is -2.74. The van der Waals surface area contributed by atoms with Crippen molar-refractivity contribution in [2.24, 2.45) is 0 Å². The first-order chi connectivity index (χ1) is 20.7. The van der Waals surface area contributed by atoms with Crippen LogP contribution in [0.5, 0.6) is 0 Å². The Morgan fingerprint density at radius 2 is 0.767 bits per heavy atom. The number of aldehydes is 1. The number of carboxylic acid groups (broad SMARTS) is 3. The molecule has 43 heavy (non-hydrogen) atoms. The number of anilines is 4. The molecule has 0 saturated carbocycles. The Bertz CT molecular complexity index is 1530. The van der Waals surface area contributed by atoms with Gasteiger partial charge in [-0.15, -0.1) is 0 Å². The molecule has 4 aromatic rings. The van der Waals surface area contributed by atoms with Crippen molar-refractivity contribution in [3.8, 4) is 0 Å². The summed E-state index contributed by atoms with van der Waals surface area (Å²) in [6.07, 6.45) is 0.601. The number of hydrogen-bond donors (Lipinski definition) is 3. The maximum atomic E-state index is 11.5. The molecule has 3 N–H and O–H groups in total. The van der Waals surface area contributed by atoms with Gasteiger partial charge in [0.1, 0.15) is 0 Å². The van der Waals surface area contributed by atoms with Crippen LogP contribution >= 0.6 is 0 Å². The first-order valence-corrected chi connectivity index (χ1v) is 13.3. The third kappa shape index (κ3) is 6.66. The standard InChI is InChI=1S/C28H28N4O11/c33-17-18-1-5-22(40-18)29-9-11-30(23-6-2-19(41-23)26(34)35)13-15-32(25-8-4-21(43-25)28(38)39)16-14-31(12-10-29)24-7-3-20(42-24)27(36)37/h1-8,17H,9-16H2,(H,34,35)(H,36,37)(H,38,39). The number of aromatic carboxylic acids is 3. The van der Waals surface area contributed by atoms with E-state index in [1.807, 2.05) is 19.6 Å². The third-order valence-corrected chi connectivity index (χ3v) is 6.94. The van der Waals surface area contributed by atoms with Crippen LogP contribution in [0.3, 0.4) is 0 Å². The SMILES string of the molecule is O=Cc1ccc(N2CCN(c3ccc(C(=O)O)o3)CCN(c3ccc(C(=O)O)o3)CCN(c3ccc(C(=O)O)o3)CC2)o1. The predicted molar refractivity (Wildman–Crippen MR) is 150 cm³/mol. The van der Waals surface area contributed by atoms with E-state index in [1.54, 1.807) is 30.3 Å². The van der Waals surface area contributed by atoms with E-state index < -0.39 is 17.9 Å². The van der Waals surface area contributed by atoms with Gasteiger partial charge < -0.3 is 52.6 Å². The van der Waals surface area contributed by atoms with Gasteiger partial charge in [0.05, 0.1) is 0 Å². The Hall–Kier alpha value is -5.60. The molecule has 0 atom stereocenters. The summed E-state index contributed by atoms with van der Waals surface area (Å²) in [5.41, 5.74) is 0. The molecule has 1 saturated heterocycles. The number of carbonyl (C=O) groups excluding carboxylic acids is 1. The maximum absolute atomic E-state index is 11.5. The summed E-state index contributed by atoms with van der Waals surface area (Å²) in [4.78, 5) is 53.2. The first kappa shape index (κ1) is 28.9. The second-order valence-corrected chi connectivity index (χ2v) is 9.57. The van der Waals surface area contributed by atoms with Crippen LogP contribution in [0.15, 0.2) is 66.2 Å². The highest BCUT2D eigenvalue weighted by Crippen LogP contribution is 2.25. The molecule has 0 radical (unpaired) electrons. The number of furan rings is 4. The zero-order chi connectivity index (χ0) is 30.5. The molecular weight excluding hydrogens is 568 g/mol. The van der Waals surface area contributed by atoms with Crippen LogP contribution in [0.2, 0.25) is 0 Å². The Morgan fingerprint density at radius 3 is 1.00 bits per heavy atom. The monoisotopic (exact) mass is 596 g/mol. The molecule has 0 bridgehead atoms. The van der Waals surface area contributed by atoms with E-state index in [2.05, 4.69) is 0 Å². The Morgan fingerprint density at radius 1 is 0.488 bits per heavy atom. The quantitative estimate of drug-likeness (QED) is 0.250. The fraction of sp³-hybridized carbons (Fsp3) is 0.286. The molecule has 4 aromatic heterocycles. The van der Waals surface area contributed by atoms with E-state index in [4.69, 9.17) is 17.7 Å². The van der Waals surface area contributed by atoms with E-state index in [9.17, 15) is 34.5 Å². The molecule has 0 unspecified atom stereocenters. The fourth-order valence-electron chi connectivity index (χ4n) is 4.71. The van der Waals surface area contributed by atoms with Crippen molar-refractivity contribution in [1.82, 2.24) is 0 Å². The van der Waals surface area contributed by atoms with Crippen molar-refractivity contribution in [3.63, 3.8) is 0 Å². The molecule has 15 heteroatoms. The second kappa shape index (κ2) is 12.5. The van der Waals surface area contributed by atoms with E-state index >= 15 is 0 Å². The lowest BCUT2D eigenvalue weighted by atomic mass is 10.3. The van der Waals surface area contributed by atoms with Crippen molar-refractivity contribution >= 4 is 47.7 Å². The minimum Gasteiger partial charge on any atom is -0.475 e. The van der Waals surface area contributed by atoms with E-state index in [0.717, 1.165) is 0 Å². The molecule has 226 valence electrons. The van der Waals surface area contributed by atoms with Crippen LogP contribution in [0.25, 0.3) is 0 Å². The van der Waals surface area contributed by atoms with Crippen LogP contribution in [0, 0.1) is 0 Å². The largest absolute Gasteiger partial charge is 0.475 e. The lowest BCUT2D eigenvalue weighted by Crippen LogP contribution is -2.46. The average molecular weight is 597 g/mol. The number of nitrogens with zero attached hydrogens (tertiary/aromatic N) is 4. The van der Waals surface area contributed by atoms with Gasteiger partial charge in [-0.1, -0.05) is 0 Å². The lowest BCUT2D eigenvalue weighted by Gasteiger charge is -2.34. The minimum atomic E-state index is -1.21. The number of hydrogen-bond acceptors (Lipinski definition) is 12. The smallest absolute Gasteiger partial charge is 0.371 e. The average Bonchev–Trinajstić information content (AvgIpc) is 3.79. The van der Waals surface area contributed by atoms with Crippen molar-refractivity contribution in [3.05, 3.63) is 71.6 Å². The van der Waals surface area contributed by atoms with E-state index in [1.165, 1.54) is 18.2 Å². The van der Waals surface area contributed by atoms with Gasteiger partial charge in [0, 0.05) is 76.6 Å². The third-order valence-electron chi connectivity index (χ3n) is 6.94. The van der Waals surface area contributed by atoms with Crippen molar-refractivity contribution in [1.29, 1.82) is 0 Å².